The monoisotopic (exact) mass is 332 g/mol. The van der Waals surface area contributed by atoms with E-state index in [0.29, 0.717) is 11.8 Å². The highest BCUT2D eigenvalue weighted by molar-refractivity contribution is 5.68. The van der Waals surface area contributed by atoms with E-state index in [1.807, 2.05) is 37.8 Å². The minimum atomic E-state index is -0.429. The average molecular weight is 332 g/mol. The molecule has 1 N–H and O–H groups in total. The SMILES string of the molecule is CC(C)(C)OC(=O)N1CC2CN(Cc3ccc(CO)cc3)CC2C1. The Balaban J connectivity index is 1.50. The molecule has 1 aromatic carbocycles. The number of fused-ring (bicyclic) bond motifs is 1. The first-order chi connectivity index (χ1) is 11.3. The molecule has 2 aliphatic heterocycles. The second-order valence-electron chi connectivity index (χ2n) is 8.07. The largest absolute Gasteiger partial charge is 0.444 e. The normalized spacial score (nSPS) is 24.2. The summed E-state index contributed by atoms with van der Waals surface area (Å²) in [7, 11) is 0. The first-order valence-electron chi connectivity index (χ1n) is 8.73. The predicted molar refractivity (Wildman–Crippen MR) is 92.4 cm³/mol. The van der Waals surface area contributed by atoms with Crippen LogP contribution < -0.4 is 0 Å². The summed E-state index contributed by atoms with van der Waals surface area (Å²) in [4.78, 5) is 16.5. The molecular weight excluding hydrogens is 304 g/mol. The third-order valence-electron chi connectivity index (χ3n) is 4.83. The molecule has 0 bridgehead atoms. The second-order valence-corrected chi connectivity index (χ2v) is 8.07. The molecule has 0 saturated carbocycles. The Kier molecular flexibility index (Phi) is 4.83. The molecule has 1 aromatic rings. The van der Waals surface area contributed by atoms with Gasteiger partial charge >= 0.3 is 6.09 Å². The lowest BCUT2D eigenvalue weighted by Gasteiger charge is -2.26. The quantitative estimate of drug-likeness (QED) is 0.924. The number of aliphatic hydroxyl groups excluding tert-OH is 1. The van der Waals surface area contributed by atoms with E-state index >= 15 is 0 Å². The Hall–Kier alpha value is -1.59. The average Bonchev–Trinajstić information content (AvgIpc) is 3.04. The number of carbonyl (C=O) groups excluding carboxylic acids is 1. The number of likely N-dealkylation sites (tertiary alicyclic amines) is 2. The fourth-order valence-corrected chi connectivity index (χ4v) is 3.70. The van der Waals surface area contributed by atoms with Gasteiger partial charge in [-0.25, -0.2) is 4.79 Å². The van der Waals surface area contributed by atoms with E-state index in [1.54, 1.807) is 0 Å². The molecule has 3 rings (SSSR count). The van der Waals surface area contributed by atoms with Gasteiger partial charge in [-0.2, -0.15) is 0 Å². The molecule has 5 nitrogen and oxygen atoms in total. The van der Waals surface area contributed by atoms with Crippen molar-refractivity contribution in [3.8, 4) is 0 Å². The Bertz CT molecular complexity index is 565. The zero-order chi connectivity index (χ0) is 17.3. The van der Waals surface area contributed by atoms with Gasteiger partial charge in [0.25, 0.3) is 0 Å². The number of amides is 1. The van der Waals surface area contributed by atoms with Crippen molar-refractivity contribution < 1.29 is 14.6 Å². The molecule has 132 valence electrons. The summed E-state index contributed by atoms with van der Waals surface area (Å²) >= 11 is 0. The first kappa shape index (κ1) is 17.2. The molecule has 2 aliphatic rings. The van der Waals surface area contributed by atoms with E-state index < -0.39 is 5.60 Å². The number of aliphatic hydroxyl groups is 1. The van der Waals surface area contributed by atoms with Gasteiger partial charge in [0.1, 0.15) is 5.60 Å². The van der Waals surface area contributed by atoms with E-state index in [1.165, 1.54) is 5.56 Å². The summed E-state index contributed by atoms with van der Waals surface area (Å²) in [5.74, 6) is 1.10. The lowest BCUT2D eigenvalue weighted by molar-refractivity contribution is 0.0274. The van der Waals surface area contributed by atoms with E-state index in [-0.39, 0.29) is 12.7 Å². The van der Waals surface area contributed by atoms with Crippen molar-refractivity contribution in [2.45, 2.75) is 39.5 Å². The number of hydrogen-bond donors (Lipinski definition) is 1. The highest BCUT2D eigenvalue weighted by Crippen LogP contribution is 2.32. The van der Waals surface area contributed by atoms with Crippen molar-refractivity contribution in [3.05, 3.63) is 35.4 Å². The molecule has 1 amide bonds. The summed E-state index contributed by atoms with van der Waals surface area (Å²) < 4.78 is 5.48. The zero-order valence-electron chi connectivity index (χ0n) is 14.9. The molecule has 0 aliphatic carbocycles. The van der Waals surface area contributed by atoms with Gasteiger partial charge in [0.05, 0.1) is 6.61 Å². The highest BCUT2D eigenvalue weighted by Gasteiger charge is 2.42. The van der Waals surface area contributed by atoms with E-state index in [0.717, 1.165) is 38.3 Å². The topological polar surface area (TPSA) is 53.0 Å². The van der Waals surface area contributed by atoms with Crippen LogP contribution in [0.3, 0.4) is 0 Å². The van der Waals surface area contributed by atoms with Crippen LogP contribution in [0.5, 0.6) is 0 Å². The molecule has 2 atom stereocenters. The number of rotatable bonds is 3. The molecule has 24 heavy (non-hydrogen) atoms. The summed E-state index contributed by atoms with van der Waals surface area (Å²) in [5.41, 5.74) is 1.79. The molecule has 5 heteroatoms. The van der Waals surface area contributed by atoms with Crippen molar-refractivity contribution in [1.29, 1.82) is 0 Å². The fourth-order valence-electron chi connectivity index (χ4n) is 3.70. The van der Waals surface area contributed by atoms with Crippen LogP contribution in [0.4, 0.5) is 4.79 Å². The van der Waals surface area contributed by atoms with Gasteiger partial charge in [-0.1, -0.05) is 24.3 Å². The van der Waals surface area contributed by atoms with Crippen molar-refractivity contribution in [1.82, 2.24) is 9.80 Å². The third-order valence-corrected chi connectivity index (χ3v) is 4.83. The Morgan fingerprint density at radius 2 is 1.62 bits per heavy atom. The molecule has 2 saturated heterocycles. The lowest BCUT2D eigenvalue weighted by atomic mass is 10.0. The Labute approximate surface area is 144 Å². The summed E-state index contributed by atoms with van der Waals surface area (Å²) in [6, 6.07) is 8.15. The van der Waals surface area contributed by atoms with Gasteiger partial charge in [-0.3, -0.25) is 4.90 Å². The Morgan fingerprint density at radius 1 is 1.08 bits per heavy atom. The standard InChI is InChI=1S/C19H28N2O3/c1-19(2,3)24-18(23)21-11-16-9-20(10-17(16)12-21)8-14-4-6-15(13-22)7-5-14/h4-7,16-17,22H,8-13H2,1-3H3. The minimum absolute atomic E-state index is 0.0919. The molecule has 2 fully saturated rings. The third kappa shape index (κ3) is 4.08. The maximum Gasteiger partial charge on any atom is 0.410 e. The predicted octanol–water partition coefficient (Wildman–Crippen LogP) is 2.48. The molecule has 0 aromatic heterocycles. The van der Waals surface area contributed by atoms with Crippen molar-refractivity contribution in [2.24, 2.45) is 11.8 Å². The lowest BCUT2D eigenvalue weighted by Crippen LogP contribution is -2.37. The van der Waals surface area contributed by atoms with Gasteiger partial charge < -0.3 is 14.7 Å². The maximum absolute atomic E-state index is 12.2. The summed E-state index contributed by atoms with van der Waals surface area (Å²) in [6.07, 6.45) is -0.178. The van der Waals surface area contributed by atoms with Crippen LogP contribution in [0.2, 0.25) is 0 Å². The smallest absolute Gasteiger partial charge is 0.410 e. The van der Waals surface area contributed by atoms with Gasteiger partial charge in [-0.15, -0.1) is 0 Å². The number of benzene rings is 1. The molecule has 0 radical (unpaired) electrons. The number of ether oxygens (including phenoxy) is 1. The number of hydrogen-bond acceptors (Lipinski definition) is 4. The second kappa shape index (κ2) is 6.73. The maximum atomic E-state index is 12.2. The molecular formula is C19H28N2O3. The van der Waals surface area contributed by atoms with Crippen LogP contribution >= 0.6 is 0 Å². The fraction of sp³-hybridized carbons (Fsp3) is 0.632. The van der Waals surface area contributed by atoms with Crippen LogP contribution in [-0.4, -0.2) is 52.8 Å². The van der Waals surface area contributed by atoms with Crippen LogP contribution in [0.25, 0.3) is 0 Å². The van der Waals surface area contributed by atoms with E-state index in [9.17, 15) is 4.79 Å². The van der Waals surface area contributed by atoms with Crippen LogP contribution in [0.1, 0.15) is 31.9 Å². The van der Waals surface area contributed by atoms with Crippen molar-refractivity contribution in [2.75, 3.05) is 26.2 Å². The van der Waals surface area contributed by atoms with E-state index in [2.05, 4.69) is 17.0 Å². The molecule has 2 unspecified atom stereocenters. The number of carbonyl (C=O) groups is 1. The van der Waals surface area contributed by atoms with Gasteiger partial charge in [0, 0.05) is 32.7 Å². The zero-order valence-corrected chi connectivity index (χ0v) is 14.9. The molecule has 2 heterocycles. The van der Waals surface area contributed by atoms with Crippen molar-refractivity contribution in [3.63, 3.8) is 0 Å². The van der Waals surface area contributed by atoms with E-state index in [4.69, 9.17) is 9.84 Å². The van der Waals surface area contributed by atoms with Crippen LogP contribution in [0.15, 0.2) is 24.3 Å². The summed E-state index contributed by atoms with van der Waals surface area (Å²) in [5, 5.41) is 9.11. The summed E-state index contributed by atoms with van der Waals surface area (Å²) in [6.45, 7) is 10.4. The minimum Gasteiger partial charge on any atom is -0.444 e. The molecule has 0 spiro atoms. The first-order valence-corrected chi connectivity index (χ1v) is 8.73. The van der Waals surface area contributed by atoms with Crippen molar-refractivity contribution >= 4 is 6.09 Å². The van der Waals surface area contributed by atoms with Gasteiger partial charge in [0.2, 0.25) is 0 Å². The van der Waals surface area contributed by atoms with Gasteiger partial charge in [0.15, 0.2) is 0 Å². The van der Waals surface area contributed by atoms with Gasteiger partial charge in [-0.05, 0) is 43.7 Å². The van der Waals surface area contributed by atoms with Crippen LogP contribution in [0, 0.1) is 11.8 Å². The number of nitrogens with zero attached hydrogens (tertiary/aromatic N) is 2. The highest BCUT2D eigenvalue weighted by atomic mass is 16.6. The Morgan fingerprint density at radius 3 is 2.12 bits per heavy atom. The van der Waals surface area contributed by atoms with Crippen LogP contribution in [-0.2, 0) is 17.9 Å².